The lowest BCUT2D eigenvalue weighted by atomic mass is 9.89. The second-order valence-corrected chi connectivity index (χ2v) is 12.4. The summed E-state index contributed by atoms with van der Waals surface area (Å²) in [4.78, 5) is 21.5. The molecular weight excluding hydrogens is 490 g/mol. The van der Waals surface area contributed by atoms with Gasteiger partial charge in [-0.2, -0.15) is 0 Å². The van der Waals surface area contributed by atoms with Crippen LogP contribution in [0, 0.1) is 0 Å². The van der Waals surface area contributed by atoms with Crippen LogP contribution in [0.2, 0.25) is 0 Å². The van der Waals surface area contributed by atoms with Gasteiger partial charge in [-0.3, -0.25) is 9.69 Å². The molecule has 0 saturated carbocycles. The van der Waals surface area contributed by atoms with E-state index in [1.165, 1.54) is 16.7 Å². The van der Waals surface area contributed by atoms with Gasteiger partial charge in [-0.1, -0.05) is 38.1 Å². The number of esters is 1. The van der Waals surface area contributed by atoms with Crippen molar-refractivity contribution < 1.29 is 19.0 Å². The Balaban J connectivity index is 1.21. The van der Waals surface area contributed by atoms with Gasteiger partial charge in [0, 0.05) is 38.9 Å². The molecule has 3 heterocycles. The lowest BCUT2D eigenvalue weighted by Gasteiger charge is -2.47. The van der Waals surface area contributed by atoms with Gasteiger partial charge in [0.1, 0.15) is 11.4 Å². The van der Waals surface area contributed by atoms with Gasteiger partial charge < -0.3 is 19.1 Å². The molecule has 0 bridgehead atoms. The molecule has 0 aliphatic carbocycles. The molecular formula is C32H47N3O4. The van der Waals surface area contributed by atoms with E-state index in [-0.39, 0.29) is 18.0 Å². The van der Waals surface area contributed by atoms with Crippen molar-refractivity contribution in [3.8, 4) is 0 Å². The van der Waals surface area contributed by atoms with Crippen LogP contribution in [0.3, 0.4) is 0 Å². The van der Waals surface area contributed by atoms with Gasteiger partial charge in [0.05, 0.1) is 31.8 Å². The van der Waals surface area contributed by atoms with Crippen molar-refractivity contribution in [2.24, 2.45) is 0 Å². The van der Waals surface area contributed by atoms with Gasteiger partial charge in [0.25, 0.3) is 0 Å². The highest BCUT2D eigenvalue weighted by molar-refractivity contribution is 5.69. The Hall–Kier alpha value is -2.48. The normalized spacial score (nSPS) is 18.1. The molecule has 1 aromatic heterocycles. The van der Waals surface area contributed by atoms with Crippen LogP contribution in [0.4, 0.5) is 5.82 Å². The van der Waals surface area contributed by atoms with Crippen LogP contribution in [0.25, 0.3) is 0 Å². The summed E-state index contributed by atoms with van der Waals surface area (Å²) in [5.74, 6) is 1.37. The molecule has 0 atom stereocenters. The maximum atomic E-state index is 11.8. The van der Waals surface area contributed by atoms with Crippen LogP contribution >= 0.6 is 0 Å². The number of carbonyl (C=O) groups is 1. The van der Waals surface area contributed by atoms with Crippen molar-refractivity contribution in [2.45, 2.75) is 84.0 Å². The predicted molar refractivity (Wildman–Crippen MR) is 155 cm³/mol. The lowest BCUT2D eigenvalue weighted by molar-refractivity contribution is -0.156. The quantitative estimate of drug-likeness (QED) is 0.298. The fourth-order valence-corrected chi connectivity index (χ4v) is 5.41. The van der Waals surface area contributed by atoms with E-state index in [1.54, 1.807) is 0 Å². The van der Waals surface area contributed by atoms with E-state index in [9.17, 15) is 4.79 Å². The highest BCUT2D eigenvalue weighted by Crippen LogP contribution is 2.33. The van der Waals surface area contributed by atoms with E-state index in [0.717, 1.165) is 64.4 Å². The second-order valence-electron chi connectivity index (χ2n) is 12.4. The Morgan fingerprint density at radius 2 is 1.85 bits per heavy atom. The summed E-state index contributed by atoms with van der Waals surface area (Å²) >= 11 is 0. The third kappa shape index (κ3) is 9.02. The smallest absolute Gasteiger partial charge is 0.308 e. The molecule has 0 radical (unpaired) electrons. The zero-order valence-electron chi connectivity index (χ0n) is 24.6. The molecule has 39 heavy (non-hydrogen) atoms. The van der Waals surface area contributed by atoms with E-state index in [2.05, 4.69) is 65.0 Å². The van der Waals surface area contributed by atoms with Gasteiger partial charge in [0.15, 0.2) is 0 Å². The molecule has 2 fully saturated rings. The molecule has 0 unspecified atom stereocenters. The summed E-state index contributed by atoms with van der Waals surface area (Å²) in [7, 11) is 0. The molecule has 0 amide bonds. The minimum atomic E-state index is -0.451. The first-order valence-corrected chi connectivity index (χ1v) is 14.6. The Morgan fingerprint density at radius 1 is 1.08 bits per heavy atom. The monoisotopic (exact) mass is 537 g/mol. The van der Waals surface area contributed by atoms with E-state index in [0.29, 0.717) is 19.1 Å². The molecule has 4 rings (SSSR count). The Labute approximate surface area is 234 Å². The minimum Gasteiger partial charge on any atom is -0.460 e. The number of benzene rings is 1. The number of hydrogen-bond acceptors (Lipinski definition) is 7. The molecule has 7 nitrogen and oxygen atoms in total. The lowest BCUT2D eigenvalue weighted by Crippen LogP contribution is -2.57. The number of aromatic nitrogens is 1. The first kappa shape index (κ1) is 29.5. The van der Waals surface area contributed by atoms with Crippen LogP contribution in [0.1, 0.15) is 76.5 Å². The summed E-state index contributed by atoms with van der Waals surface area (Å²) in [5, 5.41) is 0. The summed E-state index contributed by atoms with van der Waals surface area (Å²) in [6.45, 7) is 16.7. The van der Waals surface area contributed by atoms with Gasteiger partial charge in [-0.25, -0.2) is 4.98 Å². The van der Waals surface area contributed by atoms with Gasteiger partial charge in [-0.05, 0) is 74.8 Å². The van der Waals surface area contributed by atoms with E-state index in [1.807, 2.05) is 27.0 Å². The molecule has 2 saturated heterocycles. The van der Waals surface area contributed by atoms with Crippen molar-refractivity contribution in [2.75, 3.05) is 50.9 Å². The second kappa shape index (κ2) is 13.2. The van der Waals surface area contributed by atoms with E-state index >= 15 is 0 Å². The van der Waals surface area contributed by atoms with Gasteiger partial charge >= 0.3 is 5.97 Å². The number of rotatable bonds is 10. The molecule has 7 heteroatoms. The molecule has 0 N–H and O–H groups in total. The molecule has 2 aromatic rings. The molecule has 214 valence electrons. The van der Waals surface area contributed by atoms with E-state index < -0.39 is 5.60 Å². The van der Waals surface area contributed by atoms with Crippen LogP contribution in [0.5, 0.6) is 0 Å². The Bertz CT molecular complexity index is 1070. The third-order valence-corrected chi connectivity index (χ3v) is 7.58. The summed E-state index contributed by atoms with van der Waals surface area (Å²) in [6, 6.07) is 13.2. The van der Waals surface area contributed by atoms with Crippen molar-refractivity contribution in [1.82, 2.24) is 9.88 Å². The maximum Gasteiger partial charge on any atom is 0.308 e. The van der Waals surface area contributed by atoms with Crippen molar-refractivity contribution >= 4 is 11.8 Å². The summed E-state index contributed by atoms with van der Waals surface area (Å²) in [6.07, 6.45) is 5.15. The average Bonchev–Trinajstić information content (AvgIpc) is 2.89. The van der Waals surface area contributed by atoms with Crippen LogP contribution in [-0.4, -0.2) is 73.1 Å². The average molecular weight is 538 g/mol. The molecule has 2 aliphatic rings. The number of likely N-dealkylation sites (tertiary alicyclic amines) is 1. The van der Waals surface area contributed by atoms with Crippen LogP contribution < -0.4 is 4.90 Å². The predicted octanol–water partition coefficient (Wildman–Crippen LogP) is 5.37. The number of piperidine rings is 1. The Kier molecular flexibility index (Phi) is 10.0. The fourth-order valence-electron chi connectivity index (χ4n) is 5.41. The van der Waals surface area contributed by atoms with Crippen LogP contribution in [0.15, 0.2) is 42.6 Å². The largest absolute Gasteiger partial charge is 0.460 e. The van der Waals surface area contributed by atoms with Crippen molar-refractivity contribution in [3.05, 3.63) is 59.3 Å². The maximum absolute atomic E-state index is 11.8. The van der Waals surface area contributed by atoms with Crippen molar-refractivity contribution in [1.29, 1.82) is 0 Å². The molecule has 1 aromatic carbocycles. The Morgan fingerprint density at radius 3 is 2.59 bits per heavy atom. The minimum absolute atomic E-state index is 0.0806. The van der Waals surface area contributed by atoms with Gasteiger partial charge in [-0.15, -0.1) is 0 Å². The van der Waals surface area contributed by atoms with Crippen LogP contribution in [-0.2, 0) is 32.0 Å². The molecule has 2 aliphatic heterocycles. The third-order valence-electron chi connectivity index (χ3n) is 7.58. The van der Waals surface area contributed by atoms with Gasteiger partial charge in [0.2, 0.25) is 0 Å². The zero-order chi connectivity index (χ0) is 27.9. The van der Waals surface area contributed by atoms with E-state index in [4.69, 9.17) is 14.2 Å². The number of pyridine rings is 1. The summed E-state index contributed by atoms with van der Waals surface area (Å²) < 4.78 is 17.4. The van der Waals surface area contributed by atoms with Crippen molar-refractivity contribution in [3.63, 3.8) is 0 Å². The topological polar surface area (TPSA) is 64.1 Å². The fraction of sp³-hybridized carbons (Fsp3) is 0.625. The highest BCUT2D eigenvalue weighted by Gasteiger charge is 2.40. The highest BCUT2D eigenvalue weighted by atomic mass is 16.6. The first-order chi connectivity index (χ1) is 18.6. The number of morpholine rings is 1. The zero-order valence-corrected chi connectivity index (χ0v) is 24.6. The number of anilines is 1. The number of hydrogen-bond donors (Lipinski definition) is 0. The molecule has 1 spiro atoms. The summed E-state index contributed by atoms with van der Waals surface area (Å²) in [5.41, 5.74) is 3.40. The number of nitrogens with zero attached hydrogens (tertiary/aromatic N) is 3. The number of ether oxygens (including phenoxy) is 3. The SMILES string of the molecule is CC(C)c1ccnc(N2CCOC3(CCN(Cc4cccc(CCOCCC(=O)OC(C)(C)C)c4)CC3)C2)c1. The first-order valence-electron chi connectivity index (χ1n) is 14.6. The standard InChI is InChI=1S/C32H47N3O4/c1-25(2)28-9-14-33-29(22-28)35-17-20-38-32(24-35)12-15-34(16-13-32)23-27-8-6-7-26(21-27)10-18-37-19-11-30(36)39-31(3,4)5/h6-9,14,21-22,25H,10-13,15-20,23-24H2,1-5H3. The number of carbonyl (C=O) groups excluding carboxylic acids is 1.